The van der Waals surface area contributed by atoms with Crippen molar-refractivity contribution in [1.82, 2.24) is 0 Å². The molecule has 0 N–H and O–H groups in total. The van der Waals surface area contributed by atoms with E-state index in [9.17, 15) is 9.59 Å². The largest absolute Gasteiger partial charge is 0.469 e. The van der Waals surface area contributed by atoms with Crippen LogP contribution in [0.3, 0.4) is 0 Å². The second-order valence-corrected chi connectivity index (χ2v) is 7.44. The molecule has 2 atom stereocenters. The van der Waals surface area contributed by atoms with Gasteiger partial charge >= 0.3 is 5.97 Å². The highest BCUT2D eigenvalue weighted by atomic mass is 16.5. The van der Waals surface area contributed by atoms with E-state index in [1.54, 1.807) is 0 Å². The van der Waals surface area contributed by atoms with Crippen LogP contribution in [0.15, 0.2) is 24.3 Å². The maximum atomic E-state index is 13.0. The summed E-state index contributed by atoms with van der Waals surface area (Å²) in [5.74, 6) is -0.273. The van der Waals surface area contributed by atoms with Crippen LogP contribution >= 0.6 is 0 Å². The van der Waals surface area contributed by atoms with Crippen LogP contribution in [0.1, 0.15) is 44.0 Å². The lowest BCUT2D eigenvalue weighted by molar-refractivity contribution is -0.157. The average Bonchev–Trinajstić information content (AvgIpc) is 2.77. The van der Waals surface area contributed by atoms with Gasteiger partial charge in [-0.15, -0.1) is 0 Å². The molecule has 1 aliphatic rings. The van der Waals surface area contributed by atoms with Crippen molar-refractivity contribution in [2.45, 2.75) is 33.6 Å². The molecule has 1 fully saturated rings. The SMILES string of the molecule is COC(=O)C1(C)CCC(C(=O)c2ccc(N(C)C)cc2)C1(C)C. The summed E-state index contributed by atoms with van der Waals surface area (Å²) >= 11 is 0. The molecule has 4 heteroatoms. The van der Waals surface area contributed by atoms with Crippen LogP contribution in [-0.4, -0.2) is 33.0 Å². The van der Waals surface area contributed by atoms with Crippen LogP contribution in [-0.2, 0) is 9.53 Å². The fourth-order valence-electron chi connectivity index (χ4n) is 3.67. The van der Waals surface area contributed by atoms with Crippen molar-refractivity contribution < 1.29 is 14.3 Å². The van der Waals surface area contributed by atoms with E-state index in [4.69, 9.17) is 4.74 Å². The van der Waals surface area contributed by atoms with Crippen molar-refractivity contribution in [3.05, 3.63) is 29.8 Å². The maximum Gasteiger partial charge on any atom is 0.312 e. The highest BCUT2D eigenvalue weighted by molar-refractivity contribution is 5.99. The van der Waals surface area contributed by atoms with Gasteiger partial charge in [0.05, 0.1) is 12.5 Å². The molecule has 23 heavy (non-hydrogen) atoms. The van der Waals surface area contributed by atoms with Gasteiger partial charge in [-0.2, -0.15) is 0 Å². The number of ether oxygens (including phenoxy) is 1. The lowest BCUT2D eigenvalue weighted by Gasteiger charge is -2.38. The predicted octanol–water partition coefficient (Wildman–Crippen LogP) is 3.55. The van der Waals surface area contributed by atoms with Gasteiger partial charge in [0.1, 0.15) is 0 Å². The first kappa shape index (κ1) is 17.5. The molecule has 1 saturated carbocycles. The van der Waals surface area contributed by atoms with E-state index in [1.165, 1.54) is 7.11 Å². The monoisotopic (exact) mass is 317 g/mol. The molecule has 2 unspecified atom stereocenters. The number of ketones is 1. The van der Waals surface area contributed by atoms with Gasteiger partial charge in [-0.25, -0.2) is 0 Å². The Morgan fingerprint density at radius 2 is 1.70 bits per heavy atom. The molecule has 1 aromatic rings. The van der Waals surface area contributed by atoms with Crippen LogP contribution in [0.4, 0.5) is 5.69 Å². The molecule has 0 aliphatic heterocycles. The first-order valence-electron chi connectivity index (χ1n) is 8.05. The topological polar surface area (TPSA) is 46.6 Å². The van der Waals surface area contributed by atoms with Crippen LogP contribution in [0, 0.1) is 16.7 Å². The van der Waals surface area contributed by atoms with Crippen molar-refractivity contribution in [2.24, 2.45) is 16.7 Å². The van der Waals surface area contributed by atoms with Crippen LogP contribution in [0.5, 0.6) is 0 Å². The lowest BCUT2D eigenvalue weighted by Crippen LogP contribution is -2.43. The quantitative estimate of drug-likeness (QED) is 0.629. The van der Waals surface area contributed by atoms with Crippen LogP contribution < -0.4 is 4.90 Å². The summed E-state index contributed by atoms with van der Waals surface area (Å²) in [7, 11) is 5.36. The molecule has 2 rings (SSSR count). The zero-order chi connectivity index (χ0) is 17.4. The van der Waals surface area contributed by atoms with Crippen molar-refractivity contribution in [1.29, 1.82) is 0 Å². The number of anilines is 1. The van der Waals surface area contributed by atoms with E-state index in [1.807, 2.05) is 64.0 Å². The summed E-state index contributed by atoms with van der Waals surface area (Å²) in [6.45, 7) is 5.93. The Balaban J connectivity index is 2.28. The number of carbonyl (C=O) groups is 2. The smallest absolute Gasteiger partial charge is 0.312 e. The molecule has 0 bridgehead atoms. The maximum absolute atomic E-state index is 13.0. The molecule has 1 aromatic carbocycles. The number of methoxy groups -OCH3 is 1. The van der Waals surface area contributed by atoms with Crippen molar-refractivity contribution in [2.75, 3.05) is 26.1 Å². The van der Waals surface area contributed by atoms with Crippen molar-refractivity contribution in [3.8, 4) is 0 Å². The Morgan fingerprint density at radius 3 is 2.17 bits per heavy atom. The molecule has 0 radical (unpaired) electrons. The van der Waals surface area contributed by atoms with E-state index in [-0.39, 0.29) is 17.7 Å². The minimum atomic E-state index is -0.619. The molecule has 126 valence electrons. The third-order valence-corrected chi connectivity index (χ3v) is 5.85. The molecule has 0 heterocycles. The zero-order valence-corrected chi connectivity index (χ0v) is 15.0. The van der Waals surface area contributed by atoms with Gasteiger partial charge in [-0.05, 0) is 49.4 Å². The summed E-state index contributed by atoms with van der Waals surface area (Å²) < 4.78 is 4.99. The number of rotatable bonds is 4. The van der Waals surface area contributed by atoms with Gasteiger partial charge in [0, 0.05) is 31.3 Å². The first-order chi connectivity index (χ1) is 10.6. The summed E-state index contributed by atoms with van der Waals surface area (Å²) in [4.78, 5) is 27.2. The third-order valence-electron chi connectivity index (χ3n) is 5.85. The Morgan fingerprint density at radius 1 is 1.13 bits per heavy atom. The molecule has 4 nitrogen and oxygen atoms in total. The Hall–Kier alpha value is -1.84. The lowest BCUT2D eigenvalue weighted by atomic mass is 9.64. The number of benzene rings is 1. The van der Waals surface area contributed by atoms with Gasteiger partial charge < -0.3 is 9.64 Å². The standard InChI is InChI=1S/C19H27NO3/c1-18(2)15(11-12-19(18,3)17(22)23-6)16(21)13-7-9-14(10-8-13)20(4)5/h7-10,15H,11-12H2,1-6H3. The van der Waals surface area contributed by atoms with Gasteiger partial charge in [0.2, 0.25) is 0 Å². The molecule has 0 spiro atoms. The van der Waals surface area contributed by atoms with E-state index in [0.717, 1.165) is 5.69 Å². The van der Waals surface area contributed by atoms with Crippen molar-refractivity contribution in [3.63, 3.8) is 0 Å². The van der Waals surface area contributed by atoms with Gasteiger partial charge in [0.25, 0.3) is 0 Å². The second-order valence-electron chi connectivity index (χ2n) is 7.44. The number of esters is 1. The second kappa shape index (κ2) is 5.99. The van der Waals surface area contributed by atoms with Gasteiger partial charge in [-0.3, -0.25) is 9.59 Å². The number of hydrogen-bond donors (Lipinski definition) is 0. The third kappa shape index (κ3) is 2.75. The Kier molecular flexibility index (Phi) is 4.56. The van der Waals surface area contributed by atoms with E-state index >= 15 is 0 Å². The number of carbonyl (C=O) groups excluding carboxylic acids is 2. The summed E-state index contributed by atoms with van der Waals surface area (Å²) in [6, 6.07) is 7.66. The molecule has 0 saturated heterocycles. The first-order valence-corrected chi connectivity index (χ1v) is 8.05. The Labute approximate surface area is 138 Å². The summed E-state index contributed by atoms with van der Waals surface area (Å²) in [5, 5.41) is 0. The minimum Gasteiger partial charge on any atom is -0.469 e. The Bertz CT molecular complexity index is 604. The fraction of sp³-hybridized carbons (Fsp3) is 0.579. The van der Waals surface area contributed by atoms with Crippen molar-refractivity contribution >= 4 is 17.4 Å². The predicted molar refractivity (Wildman–Crippen MR) is 91.7 cm³/mol. The highest BCUT2D eigenvalue weighted by Gasteiger charge is 2.58. The fourth-order valence-corrected chi connectivity index (χ4v) is 3.67. The zero-order valence-electron chi connectivity index (χ0n) is 15.0. The van der Waals surface area contributed by atoms with E-state index < -0.39 is 10.8 Å². The summed E-state index contributed by atoms with van der Waals surface area (Å²) in [5.41, 5.74) is 0.720. The van der Waals surface area contributed by atoms with Gasteiger partial charge in [0.15, 0.2) is 5.78 Å². The molecular weight excluding hydrogens is 290 g/mol. The van der Waals surface area contributed by atoms with Crippen LogP contribution in [0.25, 0.3) is 0 Å². The minimum absolute atomic E-state index is 0.118. The molecule has 0 amide bonds. The number of hydrogen-bond acceptors (Lipinski definition) is 4. The summed E-state index contributed by atoms with van der Waals surface area (Å²) in [6.07, 6.45) is 1.39. The molecule has 1 aliphatic carbocycles. The van der Waals surface area contributed by atoms with E-state index in [2.05, 4.69) is 0 Å². The average molecular weight is 317 g/mol. The van der Waals surface area contributed by atoms with E-state index in [0.29, 0.717) is 18.4 Å². The number of Topliss-reactive ketones (excluding diaryl/α,β-unsaturated/α-hetero) is 1. The van der Waals surface area contributed by atoms with Crippen LogP contribution in [0.2, 0.25) is 0 Å². The van der Waals surface area contributed by atoms with Gasteiger partial charge in [-0.1, -0.05) is 13.8 Å². The highest BCUT2D eigenvalue weighted by Crippen LogP contribution is 2.57. The normalized spacial score (nSPS) is 25.9. The molecule has 0 aromatic heterocycles. The molecular formula is C19H27NO3. The number of nitrogens with zero attached hydrogens (tertiary/aromatic N) is 1.